The molecule has 25 heavy (non-hydrogen) atoms. The van der Waals surface area contributed by atoms with E-state index in [1.54, 1.807) is 18.3 Å². The smallest absolute Gasteiger partial charge is 0.341 e. The van der Waals surface area contributed by atoms with Crippen LogP contribution in [0.3, 0.4) is 0 Å². The number of aromatic nitrogens is 1. The second kappa shape index (κ2) is 7.21. The van der Waals surface area contributed by atoms with Gasteiger partial charge in [0.15, 0.2) is 0 Å². The SMILES string of the molecule is COC(=O)c1cc(CNc2ccnc3ccc(C)cc23)ccc1OC. The third-order valence-corrected chi connectivity index (χ3v) is 4.05. The molecule has 128 valence electrons. The average Bonchev–Trinajstić information content (AvgIpc) is 2.65. The molecule has 1 N–H and O–H groups in total. The van der Waals surface area contributed by atoms with Gasteiger partial charge in [-0.25, -0.2) is 4.79 Å². The first-order chi connectivity index (χ1) is 12.1. The van der Waals surface area contributed by atoms with Crippen molar-refractivity contribution in [3.8, 4) is 5.75 Å². The number of rotatable bonds is 5. The zero-order chi connectivity index (χ0) is 17.8. The van der Waals surface area contributed by atoms with Crippen molar-refractivity contribution in [2.75, 3.05) is 19.5 Å². The summed E-state index contributed by atoms with van der Waals surface area (Å²) in [5, 5.41) is 4.49. The number of hydrogen-bond donors (Lipinski definition) is 1. The van der Waals surface area contributed by atoms with Crippen molar-refractivity contribution in [1.82, 2.24) is 4.98 Å². The quantitative estimate of drug-likeness (QED) is 0.715. The summed E-state index contributed by atoms with van der Waals surface area (Å²) in [4.78, 5) is 16.3. The summed E-state index contributed by atoms with van der Waals surface area (Å²) < 4.78 is 10.0. The van der Waals surface area contributed by atoms with Gasteiger partial charge in [-0.1, -0.05) is 17.7 Å². The maximum Gasteiger partial charge on any atom is 0.341 e. The number of ether oxygens (including phenoxy) is 2. The van der Waals surface area contributed by atoms with Crippen LogP contribution in [0.15, 0.2) is 48.7 Å². The summed E-state index contributed by atoms with van der Waals surface area (Å²) in [6.45, 7) is 2.63. The first-order valence-electron chi connectivity index (χ1n) is 7.97. The van der Waals surface area contributed by atoms with E-state index in [2.05, 4.69) is 23.3 Å². The van der Waals surface area contributed by atoms with Gasteiger partial charge in [0, 0.05) is 23.8 Å². The number of hydrogen-bond acceptors (Lipinski definition) is 5. The van der Waals surface area contributed by atoms with Crippen molar-refractivity contribution >= 4 is 22.6 Å². The Bertz CT molecular complexity index is 922. The van der Waals surface area contributed by atoms with Gasteiger partial charge in [0.05, 0.1) is 19.7 Å². The highest BCUT2D eigenvalue weighted by atomic mass is 16.5. The Morgan fingerprint density at radius 2 is 1.96 bits per heavy atom. The monoisotopic (exact) mass is 336 g/mol. The van der Waals surface area contributed by atoms with Gasteiger partial charge >= 0.3 is 5.97 Å². The summed E-state index contributed by atoms with van der Waals surface area (Å²) >= 11 is 0. The Balaban J connectivity index is 1.87. The number of fused-ring (bicyclic) bond motifs is 1. The number of nitrogens with one attached hydrogen (secondary N) is 1. The number of esters is 1. The summed E-state index contributed by atoms with van der Waals surface area (Å²) in [6, 6.07) is 13.6. The molecule has 0 fully saturated rings. The minimum Gasteiger partial charge on any atom is -0.496 e. The highest BCUT2D eigenvalue weighted by Gasteiger charge is 2.13. The van der Waals surface area contributed by atoms with Crippen LogP contribution in [0.2, 0.25) is 0 Å². The number of methoxy groups -OCH3 is 2. The van der Waals surface area contributed by atoms with Crippen LogP contribution in [0.25, 0.3) is 10.9 Å². The van der Waals surface area contributed by atoms with Gasteiger partial charge in [-0.2, -0.15) is 0 Å². The van der Waals surface area contributed by atoms with E-state index in [0.717, 1.165) is 22.2 Å². The molecule has 2 aromatic carbocycles. The topological polar surface area (TPSA) is 60.5 Å². The minimum atomic E-state index is -0.413. The molecule has 1 aromatic heterocycles. The van der Waals surface area contributed by atoms with Crippen LogP contribution >= 0.6 is 0 Å². The number of aryl methyl sites for hydroxylation is 1. The highest BCUT2D eigenvalue weighted by Crippen LogP contribution is 2.25. The molecule has 0 aliphatic rings. The van der Waals surface area contributed by atoms with Crippen molar-refractivity contribution in [1.29, 1.82) is 0 Å². The van der Waals surface area contributed by atoms with Gasteiger partial charge in [-0.3, -0.25) is 4.98 Å². The van der Waals surface area contributed by atoms with Gasteiger partial charge in [-0.15, -0.1) is 0 Å². The Kier molecular flexibility index (Phi) is 4.84. The van der Waals surface area contributed by atoms with Crippen LogP contribution in [-0.4, -0.2) is 25.2 Å². The summed E-state index contributed by atoms with van der Waals surface area (Å²) in [5.74, 6) is 0.0873. The lowest BCUT2D eigenvalue weighted by Crippen LogP contribution is -2.07. The molecule has 3 rings (SSSR count). The van der Waals surface area contributed by atoms with Crippen molar-refractivity contribution < 1.29 is 14.3 Å². The molecule has 5 heteroatoms. The number of pyridine rings is 1. The van der Waals surface area contributed by atoms with Gasteiger partial charge in [0.2, 0.25) is 0 Å². The Morgan fingerprint density at radius 1 is 1.12 bits per heavy atom. The van der Waals surface area contributed by atoms with Crippen LogP contribution in [-0.2, 0) is 11.3 Å². The largest absolute Gasteiger partial charge is 0.496 e. The fraction of sp³-hybridized carbons (Fsp3) is 0.200. The second-order valence-electron chi connectivity index (χ2n) is 5.76. The van der Waals surface area contributed by atoms with E-state index in [1.807, 2.05) is 24.3 Å². The lowest BCUT2D eigenvalue weighted by Gasteiger charge is -2.12. The van der Waals surface area contributed by atoms with E-state index >= 15 is 0 Å². The molecule has 0 bridgehead atoms. The van der Waals surface area contributed by atoms with E-state index < -0.39 is 5.97 Å². The standard InChI is InChI=1S/C20H20N2O3/c1-13-4-6-17-15(10-13)18(8-9-21-17)22-12-14-5-7-19(24-2)16(11-14)20(23)25-3/h4-11H,12H2,1-3H3,(H,21,22). The number of carbonyl (C=O) groups excluding carboxylic acids is 1. The lowest BCUT2D eigenvalue weighted by atomic mass is 10.1. The molecule has 0 radical (unpaired) electrons. The molecular weight excluding hydrogens is 316 g/mol. The molecule has 0 unspecified atom stereocenters. The molecule has 0 saturated heterocycles. The average molecular weight is 336 g/mol. The number of carbonyl (C=O) groups is 1. The van der Waals surface area contributed by atoms with Gasteiger partial charge < -0.3 is 14.8 Å². The molecule has 3 aromatic rings. The van der Waals surface area contributed by atoms with Gasteiger partial charge in [-0.05, 0) is 42.8 Å². The number of nitrogens with zero attached hydrogens (tertiary/aromatic N) is 1. The van der Waals surface area contributed by atoms with Crippen molar-refractivity contribution in [2.45, 2.75) is 13.5 Å². The Morgan fingerprint density at radius 3 is 2.72 bits per heavy atom. The Labute approximate surface area is 146 Å². The van der Waals surface area contributed by atoms with Gasteiger partial charge in [0.25, 0.3) is 0 Å². The fourth-order valence-electron chi connectivity index (χ4n) is 2.75. The first-order valence-corrected chi connectivity index (χ1v) is 7.97. The third kappa shape index (κ3) is 3.55. The summed E-state index contributed by atoms with van der Waals surface area (Å²) in [6.07, 6.45) is 1.79. The van der Waals surface area contributed by atoms with Crippen molar-refractivity contribution in [2.24, 2.45) is 0 Å². The van der Waals surface area contributed by atoms with E-state index in [1.165, 1.54) is 19.8 Å². The predicted octanol–water partition coefficient (Wildman–Crippen LogP) is 3.95. The molecule has 0 saturated carbocycles. The maximum absolute atomic E-state index is 11.9. The third-order valence-electron chi connectivity index (χ3n) is 4.05. The molecule has 5 nitrogen and oxygen atoms in total. The molecule has 1 heterocycles. The molecule has 0 aliphatic heterocycles. The fourth-order valence-corrected chi connectivity index (χ4v) is 2.75. The maximum atomic E-state index is 11.9. The van der Waals surface area contributed by atoms with Crippen LogP contribution in [0.5, 0.6) is 5.75 Å². The van der Waals surface area contributed by atoms with E-state index in [9.17, 15) is 4.79 Å². The van der Waals surface area contributed by atoms with E-state index in [0.29, 0.717) is 17.9 Å². The molecule has 0 aliphatic carbocycles. The van der Waals surface area contributed by atoms with Gasteiger partial charge in [0.1, 0.15) is 11.3 Å². The molecule has 0 spiro atoms. The van der Waals surface area contributed by atoms with E-state index in [-0.39, 0.29) is 0 Å². The van der Waals surface area contributed by atoms with Crippen LogP contribution in [0.1, 0.15) is 21.5 Å². The lowest BCUT2D eigenvalue weighted by molar-refractivity contribution is 0.0597. The van der Waals surface area contributed by atoms with Crippen LogP contribution in [0, 0.1) is 6.92 Å². The zero-order valence-corrected chi connectivity index (χ0v) is 14.5. The minimum absolute atomic E-state index is 0.413. The Hall–Kier alpha value is -3.08. The highest BCUT2D eigenvalue weighted by molar-refractivity contribution is 5.93. The second-order valence-corrected chi connectivity index (χ2v) is 5.76. The molecular formula is C20H20N2O3. The van der Waals surface area contributed by atoms with Crippen LogP contribution < -0.4 is 10.1 Å². The zero-order valence-electron chi connectivity index (χ0n) is 14.5. The van der Waals surface area contributed by atoms with Crippen molar-refractivity contribution in [3.63, 3.8) is 0 Å². The summed E-state index contributed by atoms with van der Waals surface area (Å²) in [7, 11) is 2.89. The van der Waals surface area contributed by atoms with Crippen molar-refractivity contribution in [3.05, 3.63) is 65.4 Å². The number of benzene rings is 2. The summed E-state index contributed by atoms with van der Waals surface area (Å²) in [5.41, 5.74) is 4.50. The normalized spacial score (nSPS) is 10.5. The molecule has 0 atom stereocenters. The van der Waals surface area contributed by atoms with E-state index in [4.69, 9.17) is 9.47 Å². The first kappa shape index (κ1) is 16.8. The predicted molar refractivity (Wildman–Crippen MR) is 98.1 cm³/mol. The number of anilines is 1. The molecule has 0 amide bonds. The van der Waals surface area contributed by atoms with Crippen LogP contribution in [0.4, 0.5) is 5.69 Å².